The van der Waals surface area contributed by atoms with Crippen molar-refractivity contribution in [1.82, 2.24) is 5.43 Å². The molecule has 120 valence electrons. The largest absolute Gasteiger partial charge is 0.455 e. The molecular formula is C19H15BrN2O2. The van der Waals surface area contributed by atoms with E-state index in [1.165, 1.54) is 6.21 Å². The van der Waals surface area contributed by atoms with Gasteiger partial charge in [0.05, 0.1) is 12.6 Å². The number of carbonyl (C=O) groups is 1. The molecule has 0 radical (unpaired) electrons. The van der Waals surface area contributed by atoms with Crippen LogP contribution in [0, 0.1) is 0 Å². The number of hydrazone groups is 1. The smallest absolute Gasteiger partial charge is 0.244 e. The molecule has 0 aliphatic heterocycles. The summed E-state index contributed by atoms with van der Waals surface area (Å²) in [5.41, 5.74) is 4.41. The van der Waals surface area contributed by atoms with Gasteiger partial charge in [0.2, 0.25) is 5.91 Å². The van der Waals surface area contributed by atoms with Crippen molar-refractivity contribution in [3.05, 3.63) is 82.5 Å². The summed E-state index contributed by atoms with van der Waals surface area (Å²) in [4.78, 5) is 11.8. The summed E-state index contributed by atoms with van der Waals surface area (Å²) < 4.78 is 6.69. The van der Waals surface area contributed by atoms with Crippen LogP contribution in [0.25, 0.3) is 11.3 Å². The molecule has 0 saturated carbocycles. The molecule has 3 aromatic rings. The Balaban J connectivity index is 1.58. The Hall–Kier alpha value is -2.66. The maximum absolute atomic E-state index is 11.8. The van der Waals surface area contributed by atoms with Crippen LogP contribution in [-0.4, -0.2) is 12.1 Å². The van der Waals surface area contributed by atoms with Crippen molar-refractivity contribution >= 4 is 28.1 Å². The van der Waals surface area contributed by atoms with Crippen LogP contribution in [0.4, 0.5) is 0 Å². The van der Waals surface area contributed by atoms with E-state index in [0.29, 0.717) is 12.2 Å². The minimum absolute atomic E-state index is 0.170. The molecule has 24 heavy (non-hydrogen) atoms. The molecule has 0 bridgehead atoms. The first kappa shape index (κ1) is 16.2. The number of carbonyl (C=O) groups excluding carboxylic acids is 1. The SMILES string of the molecule is O=C(Cc1ccccc1)N/N=C\c1ccc(-c2cccc(Br)c2)o1. The number of hydrogen-bond donors (Lipinski definition) is 1. The van der Waals surface area contributed by atoms with Crippen LogP contribution in [0.3, 0.4) is 0 Å². The van der Waals surface area contributed by atoms with Crippen LogP contribution in [0.2, 0.25) is 0 Å². The van der Waals surface area contributed by atoms with Crippen molar-refractivity contribution in [1.29, 1.82) is 0 Å². The van der Waals surface area contributed by atoms with E-state index in [1.807, 2.05) is 66.7 Å². The quantitative estimate of drug-likeness (QED) is 0.525. The monoisotopic (exact) mass is 382 g/mol. The number of benzene rings is 2. The first-order chi connectivity index (χ1) is 11.7. The van der Waals surface area contributed by atoms with Crippen molar-refractivity contribution in [3.8, 4) is 11.3 Å². The maximum atomic E-state index is 11.8. The van der Waals surface area contributed by atoms with Crippen LogP contribution in [-0.2, 0) is 11.2 Å². The normalized spacial score (nSPS) is 10.9. The zero-order valence-electron chi connectivity index (χ0n) is 12.8. The Kier molecular flexibility index (Phi) is 5.23. The molecule has 4 nitrogen and oxygen atoms in total. The highest BCUT2D eigenvalue weighted by molar-refractivity contribution is 9.10. The zero-order chi connectivity index (χ0) is 16.8. The number of nitrogens with zero attached hydrogens (tertiary/aromatic N) is 1. The van der Waals surface area contributed by atoms with Crippen molar-refractivity contribution in [2.45, 2.75) is 6.42 Å². The van der Waals surface area contributed by atoms with Gasteiger partial charge in [-0.05, 0) is 29.8 Å². The lowest BCUT2D eigenvalue weighted by Gasteiger charge is -1.99. The fourth-order valence-electron chi connectivity index (χ4n) is 2.21. The van der Waals surface area contributed by atoms with E-state index in [-0.39, 0.29) is 5.91 Å². The molecule has 0 spiro atoms. The molecule has 1 aromatic heterocycles. The molecule has 1 amide bonds. The lowest BCUT2D eigenvalue weighted by Crippen LogP contribution is -2.19. The average Bonchev–Trinajstić information content (AvgIpc) is 3.05. The van der Waals surface area contributed by atoms with Gasteiger partial charge in [0.25, 0.3) is 0 Å². The highest BCUT2D eigenvalue weighted by Gasteiger charge is 2.04. The van der Waals surface area contributed by atoms with E-state index in [4.69, 9.17) is 4.42 Å². The third-order valence-electron chi connectivity index (χ3n) is 3.32. The van der Waals surface area contributed by atoms with Gasteiger partial charge in [-0.3, -0.25) is 4.79 Å². The summed E-state index contributed by atoms with van der Waals surface area (Å²) in [6.07, 6.45) is 1.78. The Morgan fingerprint density at radius 1 is 1.08 bits per heavy atom. The second-order valence-corrected chi connectivity index (χ2v) is 6.08. The number of halogens is 1. The van der Waals surface area contributed by atoms with Crippen LogP contribution < -0.4 is 5.43 Å². The predicted molar refractivity (Wildman–Crippen MR) is 97.7 cm³/mol. The lowest BCUT2D eigenvalue weighted by molar-refractivity contribution is -0.120. The van der Waals surface area contributed by atoms with Gasteiger partial charge in [-0.1, -0.05) is 58.4 Å². The minimum atomic E-state index is -0.170. The number of amides is 1. The van der Waals surface area contributed by atoms with Gasteiger partial charge in [-0.25, -0.2) is 5.43 Å². The first-order valence-corrected chi connectivity index (χ1v) is 8.21. The van der Waals surface area contributed by atoms with E-state index in [9.17, 15) is 4.79 Å². The topological polar surface area (TPSA) is 54.6 Å². The zero-order valence-corrected chi connectivity index (χ0v) is 14.4. The molecule has 0 aliphatic carbocycles. The molecule has 2 aromatic carbocycles. The fourth-order valence-corrected chi connectivity index (χ4v) is 2.61. The fraction of sp³-hybridized carbons (Fsp3) is 0.0526. The molecule has 0 saturated heterocycles. The summed E-state index contributed by atoms with van der Waals surface area (Å²) >= 11 is 3.44. The lowest BCUT2D eigenvalue weighted by atomic mass is 10.1. The van der Waals surface area contributed by atoms with E-state index in [2.05, 4.69) is 26.5 Å². The first-order valence-electron chi connectivity index (χ1n) is 7.42. The van der Waals surface area contributed by atoms with Crippen LogP contribution in [0.1, 0.15) is 11.3 Å². The molecule has 0 fully saturated rings. The Morgan fingerprint density at radius 3 is 2.71 bits per heavy atom. The average molecular weight is 383 g/mol. The summed E-state index contributed by atoms with van der Waals surface area (Å²) in [6.45, 7) is 0. The van der Waals surface area contributed by atoms with Crippen molar-refractivity contribution in [2.75, 3.05) is 0 Å². The number of furan rings is 1. The minimum Gasteiger partial charge on any atom is -0.455 e. The Bertz CT molecular complexity index is 857. The molecule has 0 unspecified atom stereocenters. The van der Waals surface area contributed by atoms with Gasteiger partial charge < -0.3 is 4.42 Å². The van der Waals surface area contributed by atoms with Crippen LogP contribution >= 0.6 is 15.9 Å². The van der Waals surface area contributed by atoms with Gasteiger partial charge in [0.1, 0.15) is 11.5 Å². The number of nitrogens with one attached hydrogen (secondary N) is 1. The van der Waals surface area contributed by atoms with Gasteiger partial charge >= 0.3 is 0 Å². The molecular weight excluding hydrogens is 368 g/mol. The molecule has 0 aliphatic rings. The Labute approximate surface area is 148 Å². The highest BCUT2D eigenvalue weighted by Crippen LogP contribution is 2.24. The van der Waals surface area contributed by atoms with Crippen molar-refractivity contribution in [3.63, 3.8) is 0 Å². The van der Waals surface area contributed by atoms with E-state index < -0.39 is 0 Å². The third-order valence-corrected chi connectivity index (χ3v) is 3.82. The predicted octanol–water partition coefficient (Wildman–Crippen LogP) is 4.40. The van der Waals surface area contributed by atoms with Crippen LogP contribution in [0.5, 0.6) is 0 Å². The van der Waals surface area contributed by atoms with Gasteiger partial charge in [-0.2, -0.15) is 5.10 Å². The van der Waals surface area contributed by atoms with Gasteiger partial charge in [-0.15, -0.1) is 0 Å². The molecule has 0 atom stereocenters. The number of rotatable bonds is 5. The maximum Gasteiger partial charge on any atom is 0.244 e. The molecule has 1 heterocycles. The van der Waals surface area contributed by atoms with E-state index in [1.54, 1.807) is 0 Å². The Morgan fingerprint density at radius 2 is 1.92 bits per heavy atom. The summed E-state index contributed by atoms with van der Waals surface area (Å²) in [7, 11) is 0. The number of hydrogen-bond acceptors (Lipinski definition) is 3. The highest BCUT2D eigenvalue weighted by atomic mass is 79.9. The molecule has 5 heteroatoms. The second kappa shape index (κ2) is 7.75. The molecule has 1 N–H and O–H groups in total. The standard InChI is InChI=1S/C19H15BrN2O2/c20-16-8-4-7-15(12-16)18-10-9-17(24-18)13-21-22-19(23)11-14-5-2-1-3-6-14/h1-10,12-13H,11H2,(H,22,23)/b21-13-. The molecule has 3 rings (SSSR count). The van der Waals surface area contributed by atoms with Crippen LogP contribution in [0.15, 0.2) is 80.7 Å². The van der Waals surface area contributed by atoms with Crippen molar-refractivity contribution in [2.24, 2.45) is 5.10 Å². The van der Waals surface area contributed by atoms with Gasteiger partial charge in [0, 0.05) is 10.0 Å². The summed E-state index contributed by atoms with van der Waals surface area (Å²) in [5.74, 6) is 1.15. The van der Waals surface area contributed by atoms with Gasteiger partial charge in [0.15, 0.2) is 0 Å². The third kappa shape index (κ3) is 4.43. The second-order valence-electron chi connectivity index (χ2n) is 5.17. The summed E-state index contributed by atoms with van der Waals surface area (Å²) in [5, 5.41) is 3.93. The van der Waals surface area contributed by atoms with Crippen molar-refractivity contribution < 1.29 is 9.21 Å². The van der Waals surface area contributed by atoms with E-state index in [0.717, 1.165) is 21.4 Å². The summed E-state index contributed by atoms with van der Waals surface area (Å²) in [6, 6.07) is 21.0. The van der Waals surface area contributed by atoms with E-state index >= 15 is 0 Å².